The van der Waals surface area contributed by atoms with Gasteiger partial charge in [0, 0.05) is 12.1 Å². The lowest BCUT2D eigenvalue weighted by atomic mass is 9.92. The Morgan fingerprint density at radius 2 is 1.43 bits per heavy atom. The first-order valence-electron chi connectivity index (χ1n) is 8.45. The lowest BCUT2D eigenvalue weighted by molar-refractivity contribution is -0.116. The van der Waals surface area contributed by atoms with Crippen LogP contribution in [-0.4, -0.2) is 5.91 Å². The first-order chi connectivity index (χ1) is 11.0. The number of carbonyl (C=O) groups excluding carboxylic acids is 1. The largest absolute Gasteiger partial charge is 0.326 e. The Kier molecular flexibility index (Phi) is 5.97. The van der Waals surface area contributed by atoms with Crippen molar-refractivity contribution in [3.8, 4) is 0 Å². The number of aryl methyl sites for hydroxylation is 1. The van der Waals surface area contributed by atoms with Gasteiger partial charge >= 0.3 is 0 Å². The molecule has 0 spiro atoms. The maximum absolute atomic E-state index is 12.4. The molecule has 2 rings (SSSR count). The Morgan fingerprint density at radius 3 is 1.96 bits per heavy atom. The molecular formula is C21H27NO. The number of nitrogens with one attached hydrogen (secondary N) is 1. The van der Waals surface area contributed by atoms with Gasteiger partial charge in [-0.2, -0.15) is 0 Å². The van der Waals surface area contributed by atoms with E-state index in [1.165, 1.54) is 16.7 Å². The standard InChI is InChI=1S/C21H27NO/c1-15(2)18-11-8-12-19(16(3)4)21(18)22-20(23)14-13-17-9-6-5-7-10-17/h5-12,15-16H,13-14H2,1-4H3,(H,22,23). The second-order valence-electron chi connectivity index (χ2n) is 6.65. The first-order valence-corrected chi connectivity index (χ1v) is 8.45. The third-order valence-electron chi connectivity index (χ3n) is 4.12. The molecule has 0 saturated carbocycles. The molecule has 0 radical (unpaired) electrons. The summed E-state index contributed by atoms with van der Waals surface area (Å²) in [6, 6.07) is 16.5. The van der Waals surface area contributed by atoms with Crippen LogP contribution in [0.2, 0.25) is 0 Å². The van der Waals surface area contributed by atoms with Gasteiger partial charge in [-0.05, 0) is 34.9 Å². The Balaban J connectivity index is 2.13. The smallest absolute Gasteiger partial charge is 0.224 e. The zero-order valence-electron chi connectivity index (χ0n) is 14.6. The molecule has 2 aromatic carbocycles. The molecule has 0 unspecified atom stereocenters. The molecule has 0 aliphatic heterocycles. The van der Waals surface area contributed by atoms with Crippen LogP contribution < -0.4 is 5.32 Å². The average molecular weight is 309 g/mol. The van der Waals surface area contributed by atoms with Crippen LogP contribution in [0.3, 0.4) is 0 Å². The highest BCUT2D eigenvalue weighted by molar-refractivity contribution is 5.92. The van der Waals surface area contributed by atoms with Gasteiger partial charge in [-0.3, -0.25) is 4.79 Å². The highest BCUT2D eigenvalue weighted by Gasteiger charge is 2.15. The summed E-state index contributed by atoms with van der Waals surface area (Å²) in [5.41, 5.74) is 4.63. The van der Waals surface area contributed by atoms with E-state index in [0.29, 0.717) is 18.3 Å². The summed E-state index contributed by atoms with van der Waals surface area (Å²) >= 11 is 0. The van der Waals surface area contributed by atoms with Crippen LogP contribution >= 0.6 is 0 Å². The Morgan fingerprint density at radius 1 is 0.870 bits per heavy atom. The van der Waals surface area contributed by atoms with E-state index in [-0.39, 0.29) is 5.91 Å². The Labute approximate surface area is 139 Å². The predicted molar refractivity (Wildman–Crippen MR) is 98.0 cm³/mol. The normalized spacial score (nSPS) is 11.0. The zero-order valence-corrected chi connectivity index (χ0v) is 14.6. The molecule has 1 amide bonds. The lowest BCUT2D eigenvalue weighted by Crippen LogP contribution is -2.16. The summed E-state index contributed by atoms with van der Waals surface area (Å²) in [6.45, 7) is 8.66. The van der Waals surface area contributed by atoms with Gasteiger partial charge in [-0.15, -0.1) is 0 Å². The SMILES string of the molecule is CC(C)c1cccc(C(C)C)c1NC(=O)CCc1ccccc1. The van der Waals surface area contributed by atoms with E-state index in [0.717, 1.165) is 12.1 Å². The number of carbonyl (C=O) groups is 1. The maximum atomic E-state index is 12.4. The van der Waals surface area contributed by atoms with Gasteiger partial charge in [0.2, 0.25) is 5.91 Å². The molecule has 2 nitrogen and oxygen atoms in total. The van der Waals surface area contributed by atoms with Crippen molar-refractivity contribution in [2.45, 2.75) is 52.4 Å². The van der Waals surface area contributed by atoms with Gasteiger partial charge in [0.1, 0.15) is 0 Å². The fourth-order valence-corrected chi connectivity index (χ4v) is 2.80. The van der Waals surface area contributed by atoms with Gasteiger partial charge in [0.05, 0.1) is 0 Å². The van der Waals surface area contributed by atoms with Crippen LogP contribution in [0.4, 0.5) is 5.69 Å². The summed E-state index contributed by atoms with van der Waals surface area (Å²) < 4.78 is 0. The molecule has 0 aromatic heterocycles. The van der Waals surface area contributed by atoms with Gasteiger partial charge in [-0.1, -0.05) is 76.2 Å². The van der Waals surface area contributed by atoms with E-state index < -0.39 is 0 Å². The first kappa shape index (κ1) is 17.3. The summed E-state index contributed by atoms with van der Waals surface area (Å²) in [4.78, 5) is 12.4. The second kappa shape index (κ2) is 7.96. The van der Waals surface area contributed by atoms with Crippen LogP contribution in [0.5, 0.6) is 0 Å². The molecule has 1 N–H and O–H groups in total. The number of para-hydroxylation sites is 1. The number of hydrogen-bond acceptors (Lipinski definition) is 1. The van der Waals surface area contributed by atoms with Crippen molar-refractivity contribution >= 4 is 11.6 Å². The van der Waals surface area contributed by atoms with Crippen LogP contribution in [0, 0.1) is 0 Å². The van der Waals surface area contributed by atoms with Crippen LogP contribution in [-0.2, 0) is 11.2 Å². The number of rotatable bonds is 6. The third-order valence-corrected chi connectivity index (χ3v) is 4.12. The highest BCUT2D eigenvalue weighted by atomic mass is 16.1. The number of amides is 1. The topological polar surface area (TPSA) is 29.1 Å². The summed E-state index contributed by atoms with van der Waals surface area (Å²) in [5.74, 6) is 0.861. The van der Waals surface area contributed by atoms with E-state index >= 15 is 0 Å². The molecular weight excluding hydrogens is 282 g/mol. The molecule has 0 heterocycles. The molecule has 2 heteroatoms. The van der Waals surface area contributed by atoms with E-state index in [1.807, 2.05) is 18.2 Å². The molecule has 0 saturated heterocycles. The van der Waals surface area contributed by atoms with Crippen molar-refractivity contribution in [2.24, 2.45) is 0 Å². The quantitative estimate of drug-likeness (QED) is 0.749. The molecule has 122 valence electrons. The number of anilines is 1. The molecule has 0 atom stereocenters. The van der Waals surface area contributed by atoms with Crippen LogP contribution in [0.1, 0.15) is 62.6 Å². The lowest BCUT2D eigenvalue weighted by Gasteiger charge is -2.20. The Bertz CT molecular complexity index is 618. The minimum Gasteiger partial charge on any atom is -0.326 e. The molecule has 23 heavy (non-hydrogen) atoms. The van der Waals surface area contributed by atoms with Crippen LogP contribution in [0.15, 0.2) is 48.5 Å². The second-order valence-corrected chi connectivity index (χ2v) is 6.65. The van der Waals surface area contributed by atoms with Crippen molar-refractivity contribution in [1.29, 1.82) is 0 Å². The van der Waals surface area contributed by atoms with Crippen LogP contribution in [0.25, 0.3) is 0 Å². The summed E-state index contributed by atoms with van der Waals surface area (Å²) in [6.07, 6.45) is 1.28. The van der Waals surface area contributed by atoms with E-state index in [2.05, 4.69) is 63.3 Å². The van der Waals surface area contributed by atoms with Crippen molar-refractivity contribution in [3.05, 3.63) is 65.2 Å². The van der Waals surface area contributed by atoms with E-state index in [4.69, 9.17) is 0 Å². The van der Waals surface area contributed by atoms with E-state index in [9.17, 15) is 4.79 Å². The van der Waals surface area contributed by atoms with Gasteiger partial charge < -0.3 is 5.32 Å². The minimum absolute atomic E-state index is 0.0869. The number of benzene rings is 2. The molecule has 0 fully saturated rings. The Hall–Kier alpha value is -2.09. The molecule has 0 aliphatic rings. The van der Waals surface area contributed by atoms with E-state index in [1.54, 1.807) is 0 Å². The number of hydrogen-bond donors (Lipinski definition) is 1. The van der Waals surface area contributed by atoms with Crippen molar-refractivity contribution in [3.63, 3.8) is 0 Å². The van der Waals surface area contributed by atoms with Gasteiger partial charge in [0.25, 0.3) is 0 Å². The highest BCUT2D eigenvalue weighted by Crippen LogP contribution is 2.32. The fraction of sp³-hybridized carbons (Fsp3) is 0.381. The maximum Gasteiger partial charge on any atom is 0.224 e. The third kappa shape index (κ3) is 4.69. The molecule has 0 bridgehead atoms. The fourth-order valence-electron chi connectivity index (χ4n) is 2.80. The van der Waals surface area contributed by atoms with Gasteiger partial charge in [-0.25, -0.2) is 0 Å². The monoisotopic (exact) mass is 309 g/mol. The predicted octanol–water partition coefficient (Wildman–Crippen LogP) is 5.50. The van der Waals surface area contributed by atoms with Crippen molar-refractivity contribution < 1.29 is 4.79 Å². The zero-order chi connectivity index (χ0) is 16.8. The minimum atomic E-state index is 0.0869. The average Bonchev–Trinajstić information content (AvgIpc) is 2.53. The molecule has 2 aromatic rings. The summed E-state index contributed by atoms with van der Waals surface area (Å²) in [7, 11) is 0. The molecule has 0 aliphatic carbocycles. The van der Waals surface area contributed by atoms with Gasteiger partial charge in [0.15, 0.2) is 0 Å². The summed E-state index contributed by atoms with van der Waals surface area (Å²) in [5, 5.41) is 3.17. The van der Waals surface area contributed by atoms with Crippen molar-refractivity contribution in [2.75, 3.05) is 5.32 Å². The van der Waals surface area contributed by atoms with Crippen molar-refractivity contribution in [1.82, 2.24) is 0 Å².